The summed E-state index contributed by atoms with van der Waals surface area (Å²) >= 11 is 0. The van der Waals surface area contributed by atoms with Crippen molar-refractivity contribution in [2.75, 3.05) is 18.4 Å². The van der Waals surface area contributed by atoms with Gasteiger partial charge < -0.3 is 16.4 Å². The molecule has 1 rings (SSSR count). The third-order valence-corrected chi connectivity index (χ3v) is 2.17. The molecule has 0 atom stereocenters. The molecule has 6 heteroatoms. The van der Waals surface area contributed by atoms with Crippen LogP contribution >= 0.6 is 0 Å². The molecule has 0 aliphatic carbocycles. The van der Waals surface area contributed by atoms with E-state index in [0.29, 0.717) is 25.1 Å². The summed E-state index contributed by atoms with van der Waals surface area (Å²) in [7, 11) is 0. The van der Waals surface area contributed by atoms with Gasteiger partial charge in [-0.2, -0.15) is 0 Å². The molecule has 18 heavy (non-hydrogen) atoms. The van der Waals surface area contributed by atoms with E-state index >= 15 is 0 Å². The molecule has 0 unspecified atom stereocenters. The lowest BCUT2D eigenvalue weighted by atomic mass is 10.3. The SMILES string of the molecule is NC(=O)CCCNCC(=O)Nc1cccc(F)c1. The fourth-order valence-corrected chi connectivity index (χ4v) is 1.36. The zero-order chi connectivity index (χ0) is 13.4. The Bertz CT molecular complexity index is 424. The zero-order valence-electron chi connectivity index (χ0n) is 9.91. The maximum absolute atomic E-state index is 12.8. The average Bonchev–Trinajstić information content (AvgIpc) is 2.28. The number of nitrogens with one attached hydrogen (secondary N) is 2. The average molecular weight is 253 g/mol. The summed E-state index contributed by atoms with van der Waals surface area (Å²) in [5, 5.41) is 5.41. The quantitative estimate of drug-likeness (QED) is 0.623. The third-order valence-electron chi connectivity index (χ3n) is 2.17. The highest BCUT2D eigenvalue weighted by Gasteiger charge is 2.02. The van der Waals surface area contributed by atoms with E-state index in [1.807, 2.05) is 0 Å². The molecule has 0 heterocycles. The van der Waals surface area contributed by atoms with Crippen LogP contribution in [0.15, 0.2) is 24.3 Å². The van der Waals surface area contributed by atoms with Crippen molar-refractivity contribution in [3.63, 3.8) is 0 Å². The Morgan fingerprint density at radius 1 is 1.33 bits per heavy atom. The Balaban J connectivity index is 2.20. The number of rotatable bonds is 7. The Hall–Kier alpha value is -1.95. The molecule has 4 N–H and O–H groups in total. The first kappa shape index (κ1) is 14.1. The van der Waals surface area contributed by atoms with E-state index in [2.05, 4.69) is 10.6 Å². The minimum Gasteiger partial charge on any atom is -0.370 e. The predicted octanol–water partition coefficient (Wildman–Crippen LogP) is 0.619. The summed E-state index contributed by atoms with van der Waals surface area (Å²) < 4.78 is 12.8. The van der Waals surface area contributed by atoms with Crippen LogP contribution in [0.2, 0.25) is 0 Å². The molecule has 5 nitrogen and oxygen atoms in total. The van der Waals surface area contributed by atoms with Crippen molar-refractivity contribution in [1.29, 1.82) is 0 Å². The molecule has 0 radical (unpaired) electrons. The number of hydrogen-bond acceptors (Lipinski definition) is 3. The predicted molar refractivity (Wildman–Crippen MR) is 66.3 cm³/mol. The van der Waals surface area contributed by atoms with Crippen LogP contribution < -0.4 is 16.4 Å². The van der Waals surface area contributed by atoms with Crippen molar-refractivity contribution in [3.8, 4) is 0 Å². The van der Waals surface area contributed by atoms with Crippen LogP contribution in [0.1, 0.15) is 12.8 Å². The van der Waals surface area contributed by atoms with Crippen LogP contribution in [-0.4, -0.2) is 24.9 Å². The number of hydrogen-bond donors (Lipinski definition) is 3. The van der Waals surface area contributed by atoms with E-state index in [-0.39, 0.29) is 18.4 Å². The topological polar surface area (TPSA) is 84.2 Å². The first-order valence-corrected chi connectivity index (χ1v) is 5.62. The van der Waals surface area contributed by atoms with Gasteiger partial charge in [0.1, 0.15) is 5.82 Å². The van der Waals surface area contributed by atoms with Crippen LogP contribution in [0.4, 0.5) is 10.1 Å². The molecule has 0 saturated heterocycles. The summed E-state index contributed by atoms with van der Waals surface area (Å²) in [6.45, 7) is 0.634. The van der Waals surface area contributed by atoms with Gasteiger partial charge in [-0.15, -0.1) is 0 Å². The van der Waals surface area contributed by atoms with E-state index in [0.717, 1.165) is 0 Å². The number of halogens is 1. The largest absolute Gasteiger partial charge is 0.370 e. The monoisotopic (exact) mass is 253 g/mol. The number of primary amides is 1. The van der Waals surface area contributed by atoms with E-state index in [9.17, 15) is 14.0 Å². The molecule has 0 aromatic heterocycles. The number of carbonyl (C=O) groups is 2. The normalized spacial score (nSPS) is 10.1. The second-order valence-corrected chi connectivity index (χ2v) is 3.81. The summed E-state index contributed by atoms with van der Waals surface area (Å²) in [5.41, 5.74) is 5.38. The Morgan fingerprint density at radius 2 is 2.11 bits per heavy atom. The molecule has 2 amide bonds. The molecular weight excluding hydrogens is 237 g/mol. The summed E-state index contributed by atoms with van der Waals surface area (Å²) in [6.07, 6.45) is 0.876. The van der Waals surface area contributed by atoms with E-state index in [1.165, 1.54) is 18.2 Å². The second kappa shape index (κ2) is 7.39. The van der Waals surface area contributed by atoms with Gasteiger partial charge in [-0.25, -0.2) is 4.39 Å². The molecular formula is C12H16FN3O2. The molecule has 1 aromatic rings. The fraction of sp³-hybridized carbons (Fsp3) is 0.333. The molecule has 0 fully saturated rings. The minimum atomic E-state index is -0.401. The lowest BCUT2D eigenvalue weighted by Gasteiger charge is -2.06. The fourth-order valence-electron chi connectivity index (χ4n) is 1.36. The zero-order valence-corrected chi connectivity index (χ0v) is 9.91. The van der Waals surface area contributed by atoms with Crippen LogP contribution in [0.25, 0.3) is 0 Å². The van der Waals surface area contributed by atoms with E-state index in [1.54, 1.807) is 6.07 Å². The first-order chi connectivity index (χ1) is 8.58. The number of anilines is 1. The van der Waals surface area contributed by atoms with Crippen LogP contribution in [0.5, 0.6) is 0 Å². The van der Waals surface area contributed by atoms with Gasteiger partial charge in [-0.05, 0) is 31.2 Å². The van der Waals surface area contributed by atoms with Crippen molar-refractivity contribution in [2.24, 2.45) is 5.73 Å². The molecule has 1 aromatic carbocycles. The van der Waals surface area contributed by atoms with Crippen LogP contribution in [0.3, 0.4) is 0 Å². The Labute approximate surface area is 105 Å². The first-order valence-electron chi connectivity index (χ1n) is 5.62. The van der Waals surface area contributed by atoms with Gasteiger partial charge in [0.25, 0.3) is 0 Å². The molecule has 0 saturated carbocycles. The van der Waals surface area contributed by atoms with Gasteiger partial charge in [-0.3, -0.25) is 9.59 Å². The summed E-state index contributed by atoms with van der Waals surface area (Å²) in [5.74, 6) is -1.03. The van der Waals surface area contributed by atoms with Gasteiger partial charge in [0.2, 0.25) is 11.8 Å². The van der Waals surface area contributed by atoms with Crippen molar-refractivity contribution >= 4 is 17.5 Å². The minimum absolute atomic E-state index is 0.106. The van der Waals surface area contributed by atoms with Crippen molar-refractivity contribution in [2.45, 2.75) is 12.8 Å². The molecule has 0 spiro atoms. The van der Waals surface area contributed by atoms with E-state index < -0.39 is 5.82 Å². The highest BCUT2D eigenvalue weighted by Crippen LogP contribution is 2.08. The summed E-state index contributed by atoms with van der Waals surface area (Å²) in [6, 6.07) is 5.67. The molecule has 98 valence electrons. The summed E-state index contributed by atoms with van der Waals surface area (Å²) in [4.78, 5) is 21.9. The van der Waals surface area contributed by atoms with Crippen molar-refractivity contribution < 1.29 is 14.0 Å². The molecule has 0 aliphatic heterocycles. The number of carbonyl (C=O) groups excluding carboxylic acids is 2. The van der Waals surface area contributed by atoms with Crippen molar-refractivity contribution in [1.82, 2.24) is 5.32 Å². The maximum atomic E-state index is 12.8. The van der Waals surface area contributed by atoms with Crippen LogP contribution in [-0.2, 0) is 9.59 Å². The van der Waals surface area contributed by atoms with Gasteiger partial charge in [-0.1, -0.05) is 6.07 Å². The van der Waals surface area contributed by atoms with Gasteiger partial charge >= 0.3 is 0 Å². The van der Waals surface area contributed by atoms with E-state index in [4.69, 9.17) is 5.73 Å². The lowest BCUT2D eigenvalue weighted by molar-refractivity contribution is -0.118. The lowest BCUT2D eigenvalue weighted by Crippen LogP contribution is -2.29. The van der Waals surface area contributed by atoms with Gasteiger partial charge in [0.15, 0.2) is 0 Å². The highest BCUT2D eigenvalue weighted by atomic mass is 19.1. The third kappa shape index (κ3) is 5.95. The van der Waals surface area contributed by atoms with Crippen molar-refractivity contribution in [3.05, 3.63) is 30.1 Å². The Morgan fingerprint density at radius 3 is 2.78 bits per heavy atom. The van der Waals surface area contributed by atoms with Gasteiger partial charge in [0, 0.05) is 12.1 Å². The standard InChI is InChI=1S/C12H16FN3O2/c13-9-3-1-4-10(7-9)16-12(18)8-15-6-2-5-11(14)17/h1,3-4,7,15H,2,5-6,8H2,(H2,14,17)(H,16,18). The number of benzene rings is 1. The van der Waals surface area contributed by atoms with Crippen LogP contribution in [0, 0.1) is 5.82 Å². The number of nitrogens with two attached hydrogens (primary N) is 1. The Kier molecular flexibility index (Phi) is 5.79. The molecule has 0 bridgehead atoms. The highest BCUT2D eigenvalue weighted by molar-refractivity contribution is 5.92. The second-order valence-electron chi connectivity index (χ2n) is 3.81. The van der Waals surface area contributed by atoms with Gasteiger partial charge in [0.05, 0.1) is 6.54 Å². The number of amides is 2. The molecule has 0 aliphatic rings. The maximum Gasteiger partial charge on any atom is 0.238 e. The smallest absolute Gasteiger partial charge is 0.238 e.